The third-order valence-corrected chi connectivity index (χ3v) is 6.05. The van der Waals surface area contributed by atoms with Crippen molar-refractivity contribution < 1.29 is 4.79 Å². The first kappa shape index (κ1) is 16.1. The van der Waals surface area contributed by atoms with E-state index < -0.39 is 10.8 Å². The predicted molar refractivity (Wildman–Crippen MR) is 104 cm³/mol. The highest BCUT2D eigenvalue weighted by Crippen LogP contribution is 2.65. The molecule has 3 aliphatic carbocycles. The molecule has 0 radical (unpaired) electrons. The van der Waals surface area contributed by atoms with Crippen LogP contribution in [0, 0.1) is 16.7 Å². The van der Waals surface area contributed by atoms with Gasteiger partial charge in [0.05, 0.1) is 5.41 Å². The van der Waals surface area contributed by atoms with Gasteiger partial charge in [0.1, 0.15) is 5.78 Å². The molecule has 5 rings (SSSR count). The summed E-state index contributed by atoms with van der Waals surface area (Å²) in [5.74, 6) is 0.412. The second-order valence-corrected chi connectivity index (χ2v) is 8.17. The van der Waals surface area contributed by atoms with Gasteiger partial charge in [-0.1, -0.05) is 86.7 Å². The number of fused-ring (bicyclic) bond motifs is 2. The topological polar surface area (TPSA) is 17.1 Å². The molecule has 2 unspecified atom stereocenters. The lowest BCUT2D eigenvalue weighted by atomic mass is 9.46. The molecule has 2 aromatic rings. The van der Waals surface area contributed by atoms with Crippen LogP contribution in [0.25, 0.3) is 11.1 Å². The summed E-state index contributed by atoms with van der Waals surface area (Å²) >= 11 is 0. The average Bonchev–Trinajstić information content (AvgIpc) is 2.60. The third kappa shape index (κ3) is 2.12. The van der Waals surface area contributed by atoms with E-state index in [2.05, 4.69) is 75.9 Å². The average molecular weight is 328 g/mol. The number of ketones is 1. The van der Waals surface area contributed by atoms with Crippen molar-refractivity contribution in [2.45, 2.75) is 27.2 Å². The number of benzene rings is 2. The van der Waals surface area contributed by atoms with Crippen LogP contribution in [-0.2, 0) is 4.79 Å². The Morgan fingerprint density at radius 3 is 1.96 bits per heavy atom. The molecule has 1 heteroatoms. The summed E-state index contributed by atoms with van der Waals surface area (Å²) in [6.07, 6.45) is 0.750. The standard InChI is InChI=1S/C24H24O/c1-16-15-24(4)21(18-13-9-6-10-14-18)19(17-11-7-5-8-12-17)20(16)23(2,3)22(24)25/h5-14,20H,1,15H2,2-4H3. The van der Waals surface area contributed by atoms with Gasteiger partial charge in [-0.2, -0.15) is 0 Å². The van der Waals surface area contributed by atoms with Crippen LogP contribution in [0.2, 0.25) is 0 Å². The van der Waals surface area contributed by atoms with Crippen LogP contribution in [0.3, 0.4) is 0 Å². The quantitative estimate of drug-likeness (QED) is 0.638. The van der Waals surface area contributed by atoms with E-state index in [0.717, 1.165) is 12.0 Å². The Labute approximate surface area is 150 Å². The fourth-order valence-electron chi connectivity index (χ4n) is 5.20. The zero-order chi connectivity index (χ0) is 17.8. The summed E-state index contributed by atoms with van der Waals surface area (Å²) in [5.41, 5.74) is 5.10. The van der Waals surface area contributed by atoms with Crippen molar-refractivity contribution in [2.24, 2.45) is 16.7 Å². The number of hydrogen-bond acceptors (Lipinski definition) is 1. The van der Waals surface area contributed by atoms with E-state index in [-0.39, 0.29) is 5.92 Å². The van der Waals surface area contributed by atoms with Crippen LogP contribution >= 0.6 is 0 Å². The first-order valence-electron chi connectivity index (χ1n) is 8.95. The SMILES string of the molecule is C=C1CC2(C)C(=O)C(C)(C)C1C(c1ccccc1)=C2c1ccccc1. The van der Waals surface area contributed by atoms with Crippen molar-refractivity contribution in [2.75, 3.05) is 0 Å². The Morgan fingerprint density at radius 1 is 0.880 bits per heavy atom. The molecule has 2 bridgehead atoms. The fraction of sp³-hybridized carbons (Fsp3) is 0.292. The van der Waals surface area contributed by atoms with Gasteiger partial charge in [0.2, 0.25) is 0 Å². The van der Waals surface area contributed by atoms with Gasteiger partial charge in [-0.25, -0.2) is 0 Å². The monoisotopic (exact) mass is 328 g/mol. The summed E-state index contributed by atoms with van der Waals surface area (Å²) in [7, 11) is 0. The molecule has 2 aromatic carbocycles. The van der Waals surface area contributed by atoms with Crippen molar-refractivity contribution >= 4 is 16.9 Å². The molecule has 2 atom stereocenters. The Bertz CT molecular complexity index is 886. The van der Waals surface area contributed by atoms with Gasteiger partial charge in [-0.3, -0.25) is 4.79 Å². The van der Waals surface area contributed by atoms with E-state index in [1.54, 1.807) is 0 Å². The zero-order valence-electron chi connectivity index (χ0n) is 15.2. The minimum Gasteiger partial charge on any atom is -0.298 e. The maximum atomic E-state index is 13.5. The van der Waals surface area contributed by atoms with Gasteiger partial charge in [0, 0.05) is 11.3 Å². The smallest absolute Gasteiger partial charge is 0.149 e. The summed E-state index contributed by atoms with van der Waals surface area (Å²) in [5, 5.41) is 0. The Hall–Kier alpha value is -2.41. The Kier molecular flexibility index (Phi) is 3.40. The molecule has 25 heavy (non-hydrogen) atoms. The van der Waals surface area contributed by atoms with E-state index in [1.807, 2.05) is 12.1 Å². The molecular weight excluding hydrogens is 304 g/mol. The lowest BCUT2D eigenvalue weighted by Crippen LogP contribution is -2.53. The Morgan fingerprint density at radius 2 is 1.40 bits per heavy atom. The number of rotatable bonds is 2. The molecule has 0 aromatic heterocycles. The number of Topliss-reactive ketones (excluding diaryl/α,β-unsaturated/α-hetero) is 1. The van der Waals surface area contributed by atoms with E-state index >= 15 is 0 Å². The molecule has 3 aliphatic rings. The third-order valence-electron chi connectivity index (χ3n) is 6.05. The lowest BCUT2D eigenvalue weighted by Gasteiger charge is -2.55. The van der Waals surface area contributed by atoms with Crippen LogP contribution in [0.4, 0.5) is 0 Å². The first-order chi connectivity index (χ1) is 11.9. The summed E-state index contributed by atoms with van der Waals surface area (Å²) in [4.78, 5) is 13.5. The molecule has 1 saturated carbocycles. The van der Waals surface area contributed by atoms with Crippen LogP contribution in [-0.4, -0.2) is 5.78 Å². The lowest BCUT2D eigenvalue weighted by molar-refractivity contribution is -0.138. The number of allylic oxidation sites excluding steroid dienone is 3. The number of hydrogen-bond donors (Lipinski definition) is 0. The van der Waals surface area contributed by atoms with Gasteiger partial charge in [-0.05, 0) is 35.6 Å². The van der Waals surface area contributed by atoms with E-state index in [4.69, 9.17) is 0 Å². The van der Waals surface area contributed by atoms with Crippen molar-refractivity contribution in [3.05, 3.63) is 83.9 Å². The van der Waals surface area contributed by atoms with Gasteiger partial charge in [0.25, 0.3) is 0 Å². The predicted octanol–water partition coefficient (Wildman–Crippen LogP) is 5.79. The van der Waals surface area contributed by atoms with E-state index in [9.17, 15) is 4.79 Å². The maximum absolute atomic E-state index is 13.5. The number of carbonyl (C=O) groups is 1. The van der Waals surface area contributed by atoms with Crippen LogP contribution in [0.5, 0.6) is 0 Å². The van der Waals surface area contributed by atoms with Crippen LogP contribution < -0.4 is 0 Å². The first-order valence-corrected chi connectivity index (χ1v) is 8.95. The highest BCUT2D eigenvalue weighted by atomic mass is 16.1. The van der Waals surface area contributed by atoms with Crippen molar-refractivity contribution in [1.82, 2.24) is 0 Å². The Balaban J connectivity index is 2.12. The minimum absolute atomic E-state index is 0.0689. The van der Waals surface area contributed by atoms with Crippen molar-refractivity contribution in [3.63, 3.8) is 0 Å². The zero-order valence-corrected chi connectivity index (χ0v) is 15.2. The molecular formula is C24H24O. The summed E-state index contributed by atoms with van der Waals surface area (Å²) < 4.78 is 0. The van der Waals surface area contributed by atoms with Gasteiger partial charge < -0.3 is 0 Å². The van der Waals surface area contributed by atoms with Gasteiger partial charge in [0.15, 0.2) is 0 Å². The van der Waals surface area contributed by atoms with E-state index in [1.165, 1.54) is 22.3 Å². The molecule has 0 saturated heterocycles. The van der Waals surface area contributed by atoms with Gasteiger partial charge >= 0.3 is 0 Å². The fourth-order valence-corrected chi connectivity index (χ4v) is 5.20. The number of carbonyl (C=O) groups excluding carboxylic acids is 1. The molecule has 0 heterocycles. The highest BCUT2D eigenvalue weighted by molar-refractivity contribution is 6.14. The molecule has 126 valence electrons. The highest BCUT2D eigenvalue weighted by Gasteiger charge is 2.60. The van der Waals surface area contributed by atoms with Crippen LogP contribution in [0.1, 0.15) is 38.3 Å². The normalized spacial score (nSPS) is 27.7. The van der Waals surface area contributed by atoms with E-state index in [0.29, 0.717) is 5.78 Å². The summed E-state index contributed by atoms with van der Waals surface area (Å²) in [6, 6.07) is 20.9. The molecule has 0 N–H and O–H groups in total. The summed E-state index contributed by atoms with van der Waals surface area (Å²) in [6.45, 7) is 10.7. The molecule has 0 aliphatic heterocycles. The largest absolute Gasteiger partial charge is 0.298 e. The minimum atomic E-state index is -0.512. The maximum Gasteiger partial charge on any atom is 0.149 e. The second kappa shape index (κ2) is 5.29. The molecule has 1 nitrogen and oxygen atoms in total. The molecule has 0 spiro atoms. The molecule has 1 fully saturated rings. The van der Waals surface area contributed by atoms with Crippen molar-refractivity contribution in [1.29, 1.82) is 0 Å². The van der Waals surface area contributed by atoms with Crippen LogP contribution in [0.15, 0.2) is 72.8 Å². The molecule has 0 amide bonds. The second-order valence-electron chi connectivity index (χ2n) is 8.17. The van der Waals surface area contributed by atoms with Crippen molar-refractivity contribution in [3.8, 4) is 0 Å². The van der Waals surface area contributed by atoms with Gasteiger partial charge in [-0.15, -0.1) is 0 Å².